The molecular weight excluding hydrogens is 476 g/mol. The number of methoxy groups -OCH3 is 1. The molecule has 0 radical (unpaired) electrons. The first kappa shape index (κ1) is 24.1. The molecule has 1 aromatic heterocycles. The number of likely N-dealkylation sites (tertiary alicyclic amines) is 1. The van der Waals surface area contributed by atoms with Gasteiger partial charge in [0.25, 0.3) is 0 Å². The number of nitrogens with zero attached hydrogens (tertiary/aromatic N) is 4. The van der Waals surface area contributed by atoms with E-state index < -0.39 is 28.0 Å². The summed E-state index contributed by atoms with van der Waals surface area (Å²) in [6, 6.07) is 3.54. The van der Waals surface area contributed by atoms with Gasteiger partial charge in [0.1, 0.15) is 22.3 Å². The van der Waals surface area contributed by atoms with E-state index in [1.165, 1.54) is 12.1 Å². The Bertz CT molecular complexity index is 1150. The van der Waals surface area contributed by atoms with Gasteiger partial charge >= 0.3 is 0 Å². The van der Waals surface area contributed by atoms with Crippen LogP contribution in [0.3, 0.4) is 0 Å². The highest BCUT2D eigenvalue weighted by Crippen LogP contribution is 2.39. The number of aryl methyl sites for hydroxylation is 1. The molecule has 3 aliphatic heterocycles. The molecule has 0 bridgehead atoms. The number of carbonyl (C=O) groups is 1. The van der Waals surface area contributed by atoms with E-state index in [-0.39, 0.29) is 11.9 Å². The minimum absolute atomic E-state index is 0.0209. The van der Waals surface area contributed by atoms with Crippen molar-refractivity contribution in [2.45, 2.75) is 48.6 Å². The van der Waals surface area contributed by atoms with E-state index >= 15 is 0 Å². The van der Waals surface area contributed by atoms with Crippen LogP contribution >= 0.6 is 0 Å². The van der Waals surface area contributed by atoms with E-state index in [0.29, 0.717) is 79.7 Å². The molecule has 2 unspecified atom stereocenters. The fraction of sp³-hybridized carbons (Fsp3) is 0.542. The summed E-state index contributed by atoms with van der Waals surface area (Å²) in [6.07, 6.45) is 2.79. The zero-order valence-corrected chi connectivity index (χ0v) is 20.7. The maximum absolute atomic E-state index is 13.9. The number of anilines is 2. The first-order valence-electron chi connectivity index (χ1n) is 11.8. The number of hydrogen-bond donors (Lipinski definition) is 1. The predicted octanol–water partition coefficient (Wildman–Crippen LogP) is 2.59. The van der Waals surface area contributed by atoms with Crippen molar-refractivity contribution in [3.8, 4) is 0 Å². The van der Waals surface area contributed by atoms with E-state index in [0.717, 1.165) is 11.8 Å². The van der Waals surface area contributed by atoms with Gasteiger partial charge in [-0.3, -0.25) is 9.00 Å². The minimum Gasteiger partial charge on any atom is -0.373 e. The van der Waals surface area contributed by atoms with Crippen molar-refractivity contribution in [2.24, 2.45) is 0 Å². The molecule has 0 saturated carbocycles. The number of carbonyl (C=O) groups excluding carboxylic acids is 1. The highest BCUT2D eigenvalue weighted by atomic mass is 32.2. The second kappa shape index (κ2) is 9.42. The Kier molecular flexibility index (Phi) is 6.47. The second-order valence-electron chi connectivity index (χ2n) is 9.45. The Morgan fingerprint density at radius 2 is 1.86 bits per heavy atom. The fourth-order valence-corrected chi connectivity index (χ4v) is 6.56. The van der Waals surface area contributed by atoms with Gasteiger partial charge in [-0.05, 0) is 37.0 Å². The third-order valence-electron chi connectivity index (χ3n) is 7.28. The van der Waals surface area contributed by atoms with Crippen LogP contribution in [0.5, 0.6) is 0 Å². The number of halogens is 2. The molecule has 35 heavy (non-hydrogen) atoms. The van der Waals surface area contributed by atoms with Crippen LogP contribution in [0.1, 0.15) is 36.9 Å². The first-order chi connectivity index (χ1) is 16.8. The molecule has 188 valence electrons. The zero-order chi connectivity index (χ0) is 24.7. The molecule has 0 spiro atoms. The number of nitrogens with one attached hydrogen (secondary N) is 1. The van der Waals surface area contributed by atoms with Crippen molar-refractivity contribution in [2.75, 3.05) is 49.8 Å². The van der Waals surface area contributed by atoms with Gasteiger partial charge in [-0.15, -0.1) is 0 Å². The van der Waals surface area contributed by atoms with Crippen LogP contribution in [0.4, 0.5) is 20.5 Å². The third kappa shape index (κ3) is 4.63. The Balaban J connectivity index is 1.38. The number of ether oxygens (including phenoxy) is 1. The molecule has 4 heterocycles. The van der Waals surface area contributed by atoms with E-state index in [1.807, 2.05) is 4.90 Å². The first-order valence-corrected chi connectivity index (χ1v) is 13.2. The molecule has 1 amide bonds. The van der Waals surface area contributed by atoms with Gasteiger partial charge in [-0.1, -0.05) is 0 Å². The topological polar surface area (TPSA) is 87.7 Å². The van der Waals surface area contributed by atoms with Gasteiger partial charge in [0.15, 0.2) is 0 Å². The number of rotatable bonds is 5. The lowest BCUT2D eigenvalue weighted by atomic mass is 9.84. The Morgan fingerprint density at radius 3 is 2.51 bits per heavy atom. The van der Waals surface area contributed by atoms with Crippen molar-refractivity contribution >= 4 is 28.5 Å². The van der Waals surface area contributed by atoms with Crippen molar-refractivity contribution < 1.29 is 22.5 Å². The third-order valence-corrected chi connectivity index (χ3v) is 8.74. The fourth-order valence-electron chi connectivity index (χ4n) is 5.24. The van der Waals surface area contributed by atoms with E-state index in [4.69, 9.17) is 14.7 Å². The van der Waals surface area contributed by atoms with Crippen molar-refractivity contribution in [3.63, 3.8) is 0 Å². The van der Waals surface area contributed by atoms with Crippen molar-refractivity contribution in [1.29, 1.82) is 0 Å². The summed E-state index contributed by atoms with van der Waals surface area (Å²) >= 11 is 0. The number of aromatic nitrogens is 2. The van der Waals surface area contributed by atoms with Gasteiger partial charge in [-0.2, -0.15) is 4.98 Å². The Labute approximate surface area is 205 Å². The molecule has 2 fully saturated rings. The summed E-state index contributed by atoms with van der Waals surface area (Å²) in [7, 11) is 2.18. The Hall–Kier alpha value is -2.66. The van der Waals surface area contributed by atoms with Gasteiger partial charge in [-0.25, -0.2) is 13.8 Å². The standard InChI is InChI=1S/C24H29F2N5O3S/c1-30-14-18(3-4-20(30)32)27-22-21-19(5-10-35(21)33)28-23(29-22)31-8-6-24(34-2,7-9-31)15-11-16(25)13-17(26)12-15/h11-13,18H,3-10,14H2,1-2H3,(H,27,28,29). The van der Waals surface area contributed by atoms with E-state index in [2.05, 4.69) is 5.32 Å². The van der Waals surface area contributed by atoms with Gasteiger partial charge in [0.05, 0.1) is 22.1 Å². The van der Waals surface area contributed by atoms with Crippen LogP contribution in [-0.2, 0) is 32.4 Å². The summed E-state index contributed by atoms with van der Waals surface area (Å²) in [4.78, 5) is 25.8. The minimum atomic E-state index is -1.16. The molecular formula is C24H29F2N5O3S. The maximum Gasteiger partial charge on any atom is 0.227 e. The summed E-state index contributed by atoms with van der Waals surface area (Å²) in [5.41, 5.74) is 0.477. The predicted molar refractivity (Wildman–Crippen MR) is 128 cm³/mol. The smallest absolute Gasteiger partial charge is 0.227 e. The lowest BCUT2D eigenvalue weighted by Crippen LogP contribution is -2.45. The number of amides is 1. The monoisotopic (exact) mass is 505 g/mol. The number of hydrogen-bond acceptors (Lipinski definition) is 7. The lowest BCUT2D eigenvalue weighted by Gasteiger charge is -2.41. The summed E-state index contributed by atoms with van der Waals surface area (Å²) in [6.45, 7) is 1.63. The van der Waals surface area contributed by atoms with Gasteiger partial charge in [0, 0.05) is 64.5 Å². The zero-order valence-electron chi connectivity index (χ0n) is 19.9. The molecule has 2 aromatic rings. The average Bonchev–Trinajstić information content (AvgIpc) is 3.22. The molecule has 2 atom stereocenters. The van der Waals surface area contributed by atoms with Crippen LogP contribution in [0.25, 0.3) is 0 Å². The van der Waals surface area contributed by atoms with Crippen LogP contribution in [-0.4, -0.2) is 70.6 Å². The molecule has 5 rings (SSSR count). The van der Waals surface area contributed by atoms with Crippen LogP contribution in [0, 0.1) is 11.6 Å². The largest absolute Gasteiger partial charge is 0.373 e. The Morgan fingerprint density at radius 1 is 1.14 bits per heavy atom. The molecule has 11 heteroatoms. The highest BCUT2D eigenvalue weighted by molar-refractivity contribution is 7.85. The molecule has 8 nitrogen and oxygen atoms in total. The van der Waals surface area contributed by atoms with Gasteiger partial charge < -0.3 is 19.9 Å². The number of likely N-dealkylation sites (N-methyl/N-ethyl adjacent to an activating group) is 1. The lowest BCUT2D eigenvalue weighted by molar-refractivity contribution is -0.132. The molecule has 0 aliphatic carbocycles. The average molecular weight is 506 g/mol. The van der Waals surface area contributed by atoms with Crippen LogP contribution in [0.2, 0.25) is 0 Å². The van der Waals surface area contributed by atoms with E-state index in [1.54, 1.807) is 19.1 Å². The van der Waals surface area contributed by atoms with Crippen LogP contribution < -0.4 is 10.2 Å². The molecule has 1 aromatic carbocycles. The molecule has 3 aliphatic rings. The van der Waals surface area contributed by atoms with Gasteiger partial charge in [0.2, 0.25) is 11.9 Å². The number of fused-ring (bicyclic) bond motifs is 1. The normalized spacial score (nSPS) is 23.9. The SMILES string of the molecule is COC1(c2cc(F)cc(F)c2)CCN(c2nc3c(c(NC4CCC(=O)N(C)C4)n2)S(=O)CC3)CC1. The second-order valence-corrected chi connectivity index (χ2v) is 11.0. The number of piperidine rings is 2. The quantitative estimate of drug-likeness (QED) is 0.668. The van der Waals surface area contributed by atoms with Crippen LogP contribution in [0.15, 0.2) is 23.1 Å². The maximum atomic E-state index is 13.9. The van der Waals surface area contributed by atoms with Crippen molar-refractivity contribution in [3.05, 3.63) is 41.1 Å². The van der Waals surface area contributed by atoms with Crippen molar-refractivity contribution in [1.82, 2.24) is 14.9 Å². The summed E-state index contributed by atoms with van der Waals surface area (Å²) in [5.74, 6) is 0.501. The number of benzene rings is 1. The summed E-state index contributed by atoms with van der Waals surface area (Å²) < 4.78 is 46.3. The molecule has 1 N–H and O–H groups in total. The molecule has 2 saturated heterocycles. The highest BCUT2D eigenvalue weighted by Gasteiger charge is 2.38. The van der Waals surface area contributed by atoms with E-state index in [9.17, 15) is 17.8 Å². The summed E-state index contributed by atoms with van der Waals surface area (Å²) in [5, 5.41) is 3.44.